The van der Waals surface area contributed by atoms with Crippen LogP contribution in [0.1, 0.15) is 26.2 Å². The summed E-state index contributed by atoms with van der Waals surface area (Å²) in [5.41, 5.74) is -0.0692. The smallest absolute Gasteiger partial charge is 0.0590 e. The van der Waals surface area contributed by atoms with Gasteiger partial charge in [-0.25, -0.2) is 0 Å². The first-order chi connectivity index (χ1) is 8.15. The summed E-state index contributed by atoms with van der Waals surface area (Å²) in [5.74, 6) is 0.337. The highest BCUT2D eigenvalue weighted by Crippen LogP contribution is 2.30. The van der Waals surface area contributed by atoms with E-state index >= 15 is 0 Å². The Balaban J connectivity index is 1.90. The van der Waals surface area contributed by atoms with Gasteiger partial charge in [0, 0.05) is 31.7 Å². The summed E-state index contributed by atoms with van der Waals surface area (Å²) in [6, 6.07) is 0. The third kappa shape index (κ3) is 3.19. The summed E-state index contributed by atoms with van der Waals surface area (Å²) in [7, 11) is 0. The number of aliphatic hydroxyl groups excluding tert-OH is 2. The van der Waals surface area contributed by atoms with Gasteiger partial charge < -0.3 is 19.8 Å². The normalized spacial score (nSPS) is 40.4. The van der Waals surface area contributed by atoms with Crippen LogP contribution in [0.3, 0.4) is 0 Å². The van der Waals surface area contributed by atoms with Crippen LogP contribution in [0.4, 0.5) is 0 Å². The number of rotatable bonds is 3. The molecule has 3 atom stereocenters. The predicted molar refractivity (Wildman–Crippen MR) is 65.8 cm³/mol. The molecule has 2 fully saturated rings. The lowest BCUT2D eigenvalue weighted by molar-refractivity contribution is -0.0674. The van der Waals surface area contributed by atoms with Crippen LogP contribution >= 0.6 is 0 Å². The molecular weight excluding hydrogens is 218 g/mol. The molecule has 4 nitrogen and oxygen atoms in total. The Morgan fingerprint density at radius 1 is 1.47 bits per heavy atom. The maximum absolute atomic E-state index is 9.72. The molecule has 0 amide bonds. The fourth-order valence-electron chi connectivity index (χ4n) is 3.05. The molecule has 0 aliphatic carbocycles. The number of ether oxygens (including phenoxy) is 1. The van der Waals surface area contributed by atoms with Crippen LogP contribution in [0.25, 0.3) is 0 Å². The monoisotopic (exact) mass is 243 g/mol. The molecule has 0 aromatic rings. The lowest BCUT2D eigenvalue weighted by atomic mass is 9.82. The lowest BCUT2D eigenvalue weighted by Crippen LogP contribution is -2.50. The van der Waals surface area contributed by atoms with Crippen LogP contribution in [-0.4, -0.2) is 60.7 Å². The largest absolute Gasteiger partial charge is 0.396 e. The first kappa shape index (κ1) is 13.3. The van der Waals surface area contributed by atoms with Crippen LogP contribution in [-0.2, 0) is 4.74 Å². The molecule has 2 N–H and O–H groups in total. The van der Waals surface area contributed by atoms with Crippen LogP contribution < -0.4 is 0 Å². The van der Waals surface area contributed by atoms with Gasteiger partial charge in [-0.1, -0.05) is 6.92 Å². The fraction of sp³-hybridized carbons (Fsp3) is 1.00. The van der Waals surface area contributed by atoms with E-state index in [1.165, 1.54) is 0 Å². The SMILES string of the molecule is CC1CN(CC2(CO)CCCOC2)CCC1O. The Labute approximate surface area is 104 Å². The van der Waals surface area contributed by atoms with E-state index in [1.54, 1.807) is 0 Å². The molecule has 2 rings (SSSR count). The van der Waals surface area contributed by atoms with Crippen molar-refractivity contribution in [3.05, 3.63) is 0 Å². The molecule has 2 aliphatic heterocycles. The van der Waals surface area contributed by atoms with Gasteiger partial charge in [-0.15, -0.1) is 0 Å². The van der Waals surface area contributed by atoms with Crippen molar-refractivity contribution in [1.82, 2.24) is 4.90 Å². The number of piperidine rings is 1. The Bertz CT molecular complexity index is 241. The highest BCUT2D eigenvalue weighted by Gasteiger charge is 2.36. The van der Waals surface area contributed by atoms with Gasteiger partial charge in [0.05, 0.1) is 19.3 Å². The van der Waals surface area contributed by atoms with Gasteiger partial charge in [-0.05, 0) is 25.2 Å². The van der Waals surface area contributed by atoms with Crippen molar-refractivity contribution < 1.29 is 14.9 Å². The van der Waals surface area contributed by atoms with E-state index in [1.807, 2.05) is 0 Å². The first-order valence-electron chi connectivity index (χ1n) is 6.74. The van der Waals surface area contributed by atoms with E-state index in [0.29, 0.717) is 12.5 Å². The highest BCUT2D eigenvalue weighted by atomic mass is 16.5. The van der Waals surface area contributed by atoms with Crippen molar-refractivity contribution in [2.45, 2.75) is 32.3 Å². The van der Waals surface area contributed by atoms with Crippen molar-refractivity contribution in [2.75, 3.05) is 39.5 Å². The van der Waals surface area contributed by atoms with Crippen molar-refractivity contribution in [3.8, 4) is 0 Å². The number of hydrogen-bond acceptors (Lipinski definition) is 4. The van der Waals surface area contributed by atoms with Gasteiger partial charge >= 0.3 is 0 Å². The molecule has 17 heavy (non-hydrogen) atoms. The number of hydrogen-bond donors (Lipinski definition) is 2. The Hall–Kier alpha value is -0.160. The molecule has 4 heteroatoms. The number of nitrogens with zero attached hydrogens (tertiary/aromatic N) is 1. The molecule has 0 bridgehead atoms. The Kier molecular flexibility index (Phi) is 4.42. The Morgan fingerprint density at radius 3 is 2.88 bits per heavy atom. The van der Waals surface area contributed by atoms with Gasteiger partial charge in [0.1, 0.15) is 0 Å². The zero-order valence-electron chi connectivity index (χ0n) is 10.8. The maximum atomic E-state index is 9.72. The standard InChI is InChI=1S/C13H25NO3/c1-11-7-14(5-3-12(11)16)8-13(9-15)4-2-6-17-10-13/h11-12,15-16H,2-10H2,1H3. The molecule has 0 aromatic heterocycles. The van der Waals surface area contributed by atoms with E-state index < -0.39 is 0 Å². The lowest BCUT2D eigenvalue weighted by Gasteiger charge is -2.42. The zero-order valence-corrected chi connectivity index (χ0v) is 10.8. The molecule has 2 saturated heterocycles. The summed E-state index contributed by atoms with van der Waals surface area (Å²) in [6.07, 6.45) is 2.80. The van der Waals surface area contributed by atoms with Crippen molar-refractivity contribution in [3.63, 3.8) is 0 Å². The summed E-state index contributed by atoms with van der Waals surface area (Å²) >= 11 is 0. The van der Waals surface area contributed by atoms with Gasteiger partial charge in [-0.2, -0.15) is 0 Å². The van der Waals surface area contributed by atoms with Crippen LogP contribution in [0.5, 0.6) is 0 Å². The second kappa shape index (κ2) is 5.65. The average Bonchev–Trinajstić information content (AvgIpc) is 2.35. The third-order valence-electron chi connectivity index (χ3n) is 4.24. The molecule has 0 radical (unpaired) electrons. The van der Waals surface area contributed by atoms with Crippen molar-refractivity contribution >= 4 is 0 Å². The minimum Gasteiger partial charge on any atom is -0.396 e. The van der Waals surface area contributed by atoms with E-state index in [4.69, 9.17) is 4.74 Å². The van der Waals surface area contributed by atoms with E-state index in [0.717, 1.165) is 45.5 Å². The van der Waals surface area contributed by atoms with E-state index in [9.17, 15) is 10.2 Å². The molecule has 0 spiro atoms. The molecule has 0 aromatic carbocycles. The quantitative estimate of drug-likeness (QED) is 0.757. The molecule has 100 valence electrons. The van der Waals surface area contributed by atoms with Crippen LogP contribution in [0.2, 0.25) is 0 Å². The topological polar surface area (TPSA) is 52.9 Å². The van der Waals surface area contributed by atoms with Gasteiger partial charge in [0.25, 0.3) is 0 Å². The van der Waals surface area contributed by atoms with Crippen LogP contribution in [0.15, 0.2) is 0 Å². The minimum absolute atomic E-state index is 0.0692. The molecular formula is C13H25NO3. The van der Waals surface area contributed by atoms with E-state index in [2.05, 4.69) is 11.8 Å². The summed E-state index contributed by atoms with van der Waals surface area (Å²) in [4.78, 5) is 2.38. The fourth-order valence-corrected chi connectivity index (χ4v) is 3.05. The summed E-state index contributed by atoms with van der Waals surface area (Å²) in [6.45, 7) is 6.59. The second-order valence-electron chi connectivity index (χ2n) is 5.88. The van der Waals surface area contributed by atoms with Gasteiger partial charge in [0.2, 0.25) is 0 Å². The molecule has 2 aliphatic rings. The van der Waals surface area contributed by atoms with Crippen molar-refractivity contribution in [1.29, 1.82) is 0 Å². The number of aliphatic hydroxyl groups is 2. The maximum Gasteiger partial charge on any atom is 0.0590 e. The molecule has 0 saturated carbocycles. The number of likely N-dealkylation sites (tertiary alicyclic amines) is 1. The van der Waals surface area contributed by atoms with Gasteiger partial charge in [-0.3, -0.25) is 0 Å². The second-order valence-corrected chi connectivity index (χ2v) is 5.88. The Morgan fingerprint density at radius 2 is 2.29 bits per heavy atom. The molecule has 3 unspecified atom stereocenters. The third-order valence-corrected chi connectivity index (χ3v) is 4.24. The van der Waals surface area contributed by atoms with Gasteiger partial charge in [0.15, 0.2) is 0 Å². The summed E-state index contributed by atoms with van der Waals surface area (Å²) in [5, 5.41) is 19.4. The van der Waals surface area contributed by atoms with E-state index in [-0.39, 0.29) is 18.1 Å². The highest BCUT2D eigenvalue weighted by molar-refractivity contribution is 4.87. The average molecular weight is 243 g/mol. The predicted octanol–water partition coefficient (Wildman–Crippen LogP) is 0.478. The van der Waals surface area contributed by atoms with Crippen LogP contribution in [0, 0.1) is 11.3 Å². The van der Waals surface area contributed by atoms with Crippen molar-refractivity contribution in [2.24, 2.45) is 11.3 Å². The first-order valence-corrected chi connectivity index (χ1v) is 6.74. The zero-order chi connectivity index (χ0) is 12.3. The summed E-state index contributed by atoms with van der Waals surface area (Å²) < 4.78 is 5.53. The minimum atomic E-state index is -0.154. The molecule has 2 heterocycles.